The summed E-state index contributed by atoms with van der Waals surface area (Å²) >= 11 is 0. The zero-order valence-electron chi connectivity index (χ0n) is 20.7. The van der Waals surface area contributed by atoms with Crippen molar-refractivity contribution in [3.05, 3.63) is 65.5 Å². The summed E-state index contributed by atoms with van der Waals surface area (Å²) in [5.74, 6) is 3.48. The fourth-order valence-electron chi connectivity index (χ4n) is 4.20. The van der Waals surface area contributed by atoms with Crippen molar-refractivity contribution in [1.29, 1.82) is 0 Å². The van der Waals surface area contributed by atoms with Crippen LogP contribution in [-0.4, -0.2) is 43.2 Å². The van der Waals surface area contributed by atoms with Gasteiger partial charge in [0, 0.05) is 31.6 Å². The van der Waals surface area contributed by atoms with E-state index in [2.05, 4.69) is 33.2 Å². The van der Waals surface area contributed by atoms with Crippen molar-refractivity contribution in [2.45, 2.75) is 33.2 Å². The number of anilines is 1. The smallest absolute Gasteiger partial charge is 0.224 e. The van der Waals surface area contributed by atoms with E-state index in [9.17, 15) is 4.79 Å². The lowest BCUT2D eigenvalue weighted by molar-refractivity contribution is -0.125. The molecule has 8 nitrogen and oxygen atoms in total. The minimum Gasteiger partial charge on any atom is -0.493 e. The molecule has 1 aliphatic rings. The van der Waals surface area contributed by atoms with E-state index in [0.717, 1.165) is 48.6 Å². The van der Waals surface area contributed by atoms with Gasteiger partial charge in [-0.1, -0.05) is 18.2 Å². The highest BCUT2D eigenvalue weighted by atomic mass is 16.5. The second-order valence-corrected chi connectivity index (χ2v) is 8.68. The number of hydrogen-bond donors (Lipinski definition) is 1. The molecule has 1 fully saturated rings. The van der Waals surface area contributed by atoms with Gasteiger partial charge >= 0.3 is 0 Å². The molecule has 0 atom stereocenters. The molecule has 4 rings (SSSR count). The van der Waals surface area contributed by atoms with Crippen molar-refractivity contribution in [1.82, 2.24) is 15.3 Å². The van der Waals surface area contributed by atoms with Gasteiger partial charge < -0.3 is 24.4 Å². The third-order valence-electron chi connectivity index (χ3n) is 6.50. The first-order valence-corrected chi connectivity index (χ1v) is 11.8. The molecule has 1 aromatic heterocycles. The molecule has 3 aromatic rings. The zero-order chi connectivity index (χ0) is 24.8. The molecule has 0 spiro atoms. The van der Waals surface area contributed by atoms with E-state index in [1.165, 1.54) is 11.9 Å². The number of nitrogens with one attached hydrogen (secondary N) is 1. The number of nitrogens with zero attached hydrogens (tertiary/aromatic N) is 3. The van der Waals surface area contributed by atoms with Crippen LogP contribution >= 0.6 is 0 Å². The maximum Gasteiger partial charge on any atom is 0.224 e. The Labute approximate surface area is 206 Å². The van der Waals surface area contributed by atoms with Gasteiger partial charge in [-0.25, -0.2) is 9.97 Å². The maximum absolute atomic E-state index is 12.8. The Bertz CT molecular complexity index is 1180. The van der Waals surface area contributed by atoms with E-state index >= 15 is 0 Å². The second kappa shape index (κ2) is 11.1. The van der Waals surface area contributed by atoms with Crippen molar-refractivity contribution in [2.75, 3.05) is 32.2 Å². The minimum atomic E-state index is -0.0288. The molecule has 0 aliphatic carbocycles. The summed E-state index contributed by atoms with van der Waals surface area (Å²) in [5, 5.41) is 3.06. The van der Waals surface area contributed by atoms with Gasteiger partial charge in [-0.05, 0) is 61.6 Å². The molecular weight excluding hydrogens is 444 g/mol. The highest BCUT2D eigenvalue weighted by Gasteiger charge is 2.26. The number of carbonyl (C=O) groups excluding carboxylic acids is 1. The molecule has 184 valence electrons. The zero-order valence-corrected chi connectivity index (χ0v) is 20.7. The molecule has 8 heteroatoms. The first-order chi connectivity index (χ1) is 17.0. The number of rotatable bonds is 8. The number of methoxy groups -OCH3 is 2. The number of ether oxygens (including phenoxy) is 3. The molecule has 1 aliphatic heterocycles. The van der Waals surface area contributed by atoms with E-state index in [1.807, 2.05) is 43.3 Å². The van der Waals surface area contributed by atoms with Gasteiger partial charge in [-0.3, -0.25) is 4.79 Å². The van der Waals surface area contributed by atoms with Crippen LogP contribution in [0.5, 0.6) is 23.1 Å². The Morgan fingerprint density at radius 2 is 1.77 bits per heavy atom. The molecular formula is C27H32N4O4. The Hall–Kier alpha value is -3.81. The number of aryl methyl sites for hydroxylation is 1. The Morgan fingerprint density at radius 3 is 2.51 bits per heavy atom. The number of aromatic nitrogens is 2. The van der Waals surface area contributed by atoms with Crippen LogP contribution in [0.1, 0.15) is 29.5 Å². The topological polar surface area (TPSA) is 85.8 Å². The summed E-state index contributed by atoms with van der Waals surface area (Å²) in [5.41, 5.74) is 3.22. The number of carbonyl (C=O) groups is 1. The Balaban J connectivity index is 1.31. The van der Waals surface area contributed by atoms with Crippen LogP contribution in [0.25, 0.3) is 0 Å². The van der Waals surface area contributed by atoms with E-state index in [1.54, 1.807) is 14.2 Å². The summed E-state index contributed by atoms with van der Waals surface area (Å²) in [6.45, 7) is 6.03. The number of piperidine rings is 1. The third-order valence-corrected chi connectivity index (χ3v) is 6.50. The van der Waals surface area contributed by atoms with E-state index in [4.69, 9.17) is 14.2 Å². The molecule has 1 N–H and O–H groups in total. The molecule has 35 heavy (non-hydrogen) atoms. The van der Waals surface area contributed by atoms with E-state index < -0.39 is 0 Å². The van der Waals surface area contributed by atoms with Crippen molar-refractivity contribution < 1.29 is 19.0 Å². The molecule has 0 unspecified atom stereocenters. The standard InChI is InChI=1S/C27H32N4O4/c1-18-6-5-7-22(19(18)2)35-26-15-25(29-17-30-26)31-12-10-21(11-13-31)27(32)28-16-20-8-9-23(33-3)24(14-20)34-4/h5-9,14-15,17,21H,10-13,16H2,1-4H3,(H,28,32). The van der Waals surface area contributed by atoms with Gasteiger partial charge in [0.1, 0.15) is 17.9 Å². The van der Waals surface area contributed by atoms with Gasteiger partial charge in [-0.2, -0.15) is 0 Å². The fraction of sp³-hybridized carbons (Fsp3) is 0.370. The molecule has 2 heterocycles. The molecule has 0 radical (unpaired) electrons. The summed E-state index contributed by atoms with van der Waals surface area (Å²) in [6, 6.07) is 13.5. The van der Waals surface area contributed by atoms with Gasteiger partial charge in [0.25, 0.3) is 0 Å². The van der Waals surface area contributed by atoms with Crippen molar-refractivity contribution in [3.8, 4) is 23.1 Å². The molecule has 0 saturated carbocycles. The van der Waals surface area contributed by atoms with Crippen molar-refractivity contribution >= 4 is 11.7 Å². The molecule has 1 saturated heterocycles. The first kappa shape index (κ1) is 24.3. The lowest BCUT2D eigenvalue weighted by atomic mass is 9.96. The van der Waals surface area contributed by atoms with Crippen molar-refractivity contribution in [3.63, 3.8) is 0 Å². The number of benzene rings is 2. The predicted octanol–water partition coefficient (Wildman–Crippen LogP) is 4.44. The Kier molecular flexibility index (Phi) is 7.70. The first-order valence-electron chi connectivity index (χ1n) is 11.8. The highest BCUT2D eigenvalue weighted by molar-refractivity contribution is 5.79. The number of amides is 1. The fourth-order valence-corrected chi connectivity index (χ4v) is 4.20. The minimum absolute atomic E-state index is 0.0288. The average Bonchev–Trinajstić information content (AvgIpc) is 2.90. The van der Waals surface area contributed by atoms with Gasteiger partial charge in [0.15, 0.2) is 11.5 Å². The summed E-state index contributed by atoms with van der Waals surface area (Å²) in [4.78, 5) is 23.7. The third kappa shape index (κ3) is 5.82. The maximum atomic E-state index is 12.8. The normalized spacial score (nSPS) is 13.9. The SMILES string of the molecule is COc1ccc(CNC(=O)C2CCN(c3cc(Oc4cccc(C)c4C)ncn3)CC2)cc1OC. The summed E-state index contributed by atoms with van der Waals surface area (Å²) < 4.78 is 16.6. The summed E-state index contributed by atoms with van der Waals surface area (Å²) in [7, 11) is 3.20. The van der Waals surface area contributed by atoms with Gasteiger partial charge in [-0.15, -0.1) is 0 Å². The monoisotopic (exact) mass is 476 g/mol. The van der Waals surface area contributed by atoms with Crippen molar-refractivity contribution in [2.24, 2.45) is 5.92 Å². The van der Waals surface area contributed by atoms with Crippen LogP contribution in [0.15, 0.2) is 48.8 Å². The van der Waals surface area contributed by atoms with Crippen LogP contribution in [0.3, 0.4) is 0 Å². The van der Waals surface area contributed by atoms with Crippen LogP contribution < -0.4 is 24.4 Å². The van der Waals surface area contributed by atoms with Crippen LogP contribution in [0, 0.1) is 19.8 Å². The van der Waals surface area contributed by atoms with Crippen LogP contribution in [0.4, 0.5) is 5.82 Å². The lowest BCUT2D eigenvalue weighted by Crippen LogP contribution is -2.40. The summed E-state index contributed by atoms with van der Waals surface area (Å²) in [6.07, 6.45) is 3.04. The average molecular weight is 477 g/mol. The second-order valence-electron chi connectivity index (χ2n) is 8.68. The molecule has 0 bridgehead atoms. The molecule has 1 amide bonds. The van der Waals surface area contributed by atoms with E-state index in [-0.39, 0.29) is 11.8 Å². The van der Waals surface area contributed by atoms with E-state index in [0.29, 0.717) is 23.9 Å². The Morgan fingerprint density at radius 1 is 1.00 bits per heavy atom. The van der Waals surface area contributed by atoms with Gasteiger partial charge in [0.05, 0.1) is 14.2 Å². The van der Waals surface area contributed by atoms with Crippen LogP contribution in [-0.2, 0) is 11.3 Å². The molecule has 2 aromatic carbocycles. The van der Waals surface area contributed by atoms with Gasteiger partial charge in [0.2, 0.25) is 11.8 Å². The largest absolute Gasteiger partial charge is 0.493 e. The predicted molar refractivity (Wildman–Crippen MR) is 134 cm³/mol. The highest BCUT2D eigenvalue weighted by Crippen LogP contribution is 2.29. The lowest BCUT2D eigenvalue weighted by Gasteiger charge is -2.32. The number of hydrogen-bond acceptors (Lipinski definition) is 7. The quantitative estimate of drug-likeness (QED) is 0.515. The van der Waals surface area contributed by atoms with Crippen LogP contribution in [0.2, 0.25) is 0 Å².